The van der Waals surface area contributed by atoms with Crippen molar-refractivity contribution >= 4 is 5.97 Å². The highest BCUT2D eigenvalue weighted by molar-refractivity contribution is 5.88. The van der Waals surface area contributed by atoms with E-state index in [1.165, 1.54) is 12.3 Å². The number of carboxylic acids is 1. The molecule has 2 heterocycles. The van der Waals surface area contributed by atoms with Gasteiger partial charge in [0.15, 0.2) is 16.9 Å². The quantitative estimate of drug-likeness (QED) is 0.893. The third kappa shape index (κ3) is 2.46. The van der Waals surface area contributed by atoms with Gasteiger partial charge in [0.1, 0.15) is 5.56 Å². The molecule has 2 aromatic rings. The largest absolute Gasteiger partial charge is 0.493 e. The minimum atomic E-state index is -1.19. The lowest BCUT2D eigenvalue weighted by atomic mass is 9.77. The molecule has 6 nitrogen and oxygen atoms in total. The Bertz CT molecular complexity index is 1000. The molecule has 4 rings (SSSR count). The van der Waals surface area contributed by atoms with Crippen LogP contribution in [0.5, 0.6) is 11.5 Å². The van der Waals surface area contributed by atoms with Crippen molar-refractivity contribution in [3.63, 3.8) is 0 Å². The summed E-state index contributed by atoms with van der Waals surface area (Å²) in [4.78, 5) is 24.0. The van der Waals surface area contributed by atoms with Crippen LogP contribution in [0.4, 0.5) is 0 Å². The minimum absolute atomic E-state index is 0.0187. The highest BCUT2D eigenvalue weighted by atomic mass is 16.5. The number of hydrogen-bond donors (Lipinski definition) is 1. The highest BCUT2D eigenvalue weighted by Gasteiger charge is 2.47. The number of hydrogen-bond acceptors (Lipinski definition) is 4. The fourth-order valence-corrected chi connectivity index (χ4v) is 4.85. The van der Waals surface area contributed by atoms with E-state index in [0.29, 0.717) is 11.5 Å². The fraction of sp³-hybridized carbons (Fsp3) is 0.429. The summed E-state index contributed by atoms with van der Waals surface area (Å²) in [6.45, 7) is 4.40. The first-order valence-corrected chi connectivity index (χ1v) is 9.04. The van der Waals surface area contributed by atoms with E-state index in [0.717, 1.165) is 29.7 Å². The zero-order valence-electron chi connectivity index (χ0n) is 15.9. The van der Waals surface area contributed by atoms with E-state index < -0.39 is 11.4 Å². The van der Waals surface area contributed by atoms with Crippen LogP contribution >= 0.6 is 0 Å². The molecule has 1 N–H and O–H groups in total. The first-order chi connectivity index (χ1) is 12.8. The minimum Gasteiger partial charge on any atom is -0.493 e. The first-order valence-electron chi connectivity index (χ1n) is 9.04. The molecule has 1 aromatic carbocycles. The van der Waals surface area contributed by atoms with Gasteiger partial charge in [-0.15, -0.1) is 0 Å². The topological polar surface area (TPSA) is 77.8 Å². The van der Waals surface area contributed by atoms with Gasteiger partial charge in [-0.2, -0.15) is 0 Å². The highest BCUT2D eigenvalue weighted by Crippen LogP contribution is 2.59. The fourth-order valence-electron chi connectivity index (χ4n) is 4.85. The normalized spacial score (nSPS) is 21.8. The van der Waals surface area contributed by atoms with Crippen LogP contribution in [0, 0.1) is 5.41 Å². The van der Waals surface area contributed by atoms with Crippen LogP contribution in [0.1, 0.15) is 54.6 Å². The van der Waals surface area contributed by atoms with Crippen LogP contribution in [0.25, 0.3) is 11.3 Å². The molecule has 0 saturated heterocycles. The molecule has 1 aromatic heterocycles. The van der Waals surface area contributed by atoms with Gasteiger partial charge in [0.2, 0.25) is 0 Å². The van der Waals surface area contributed by atoms with Gasteiger partial charge in [0.25, 0.3) is 0 Å². The Kier molecular flexibility index (Phi) is 3.84. The standard InChI is InChI=1S/C21H23NO5/c1-21(2)6-5-11-12-7-17(26-3)18(27-4)8-13(12)15-9-16(23)14(20(24)25)10-22(15)19(11)21/h7-11,19H,5-6H2,1-4H3,(H,24,25)/t11-,19+/m1/s1. The Labute approximate surface area is 157 Å². The number of carbonyl (C=O) groups is 1. The maximum absolute atomic E-state index is 12.4. The number of aromatic carboxylic acids is 1. The van der Waals surface area contributed by atoms with Crippen molar-refractivity contribution in [2.24, 2.45) is 5.41 Å². The van der Waals surface area contributed by atoms with Crippen LogP contribution in [-0.4, -0.2) is 29.9 Å². The summed E-state index contributed by atoms with van der Waals surface area (Å²) in [7, 11) is 3.19. The Morgan fingerprint density at radius 3 is 2.48 bits per heavy atom. The summed E-state index contributed by atoms with van der Waals surface area (Å²) < 4.78 is 12.9. The van der Waals surface area contributed by atoms with Crippen LogP contribution in [-0.2, 0) is 0 Å². The van der Waals surface area contributed by atoms with Crippen molar-refractivity contribution in [2.75, 3.05) is 14.2 Å². The van der Waals surface area contributed by atoms with Crippen LogP contribution in [0.15, 0.2) is 29.2 Å². The first kappa shape index (κ1) is 17.6. The second-order valence-corrected chi connectivity index (χ2v) is 8.02. The van der Waals surface area contributed by atoms with E-state index in [2.05, 4.69) is 13.8 Å². The van der Waals surface area contributed by atoms with Crippen molar-refractivity contribution in [1.82, 2.24) is 4.57 Å². The molecule has 0 unspecified atom stereocenters. The van der Waals surface area contributed by atoms with Gasteiger partial charge in [0, 0.05) is 29.8 Å². The van der Waals surface area contributed by atoms with Crippen LogP contribution < -0.4 is 14.9 Å². The molecule has 2 aliphatic rings. The molecular formula is C21H23NO5. The molecular weight excluding hydrogens is 346 g/mol. The molecule has 142 valence electrons. The predicted octanol–water partition coefficient (Wildman–Crippen LogP) is 3.69. The molecule has 1 saturated carbocycles. The lowest BCUT2D eigenvalue weighted by Gasteiger charge is -2.40. The van der Waals surface area contributed by atoms with Crippen molar-refractivity contribution in [3.05, 3.63) is 45.7 Å². The number of carboxylic acid groups (broad SMARTS) is 1. The van der Waals surface area contributed by atoms with Gasteiger partial charge in [-0.3, -0.25) is 4.79 Å². The number of methoxy groups -OCH3 is 2. The molecule has 1 fully saturated rings. The number of ether oxygens (including phenoxy) is 2. The van der Waals surface area contributed by atoms with Crippen molar-refractivity contribution < 1.29 is 19.4 Å². The lowest BCUT2D eigenvalue weighted by molar-refractivity contribution is 0.0693. The SMILES string of the molecule is COc1cc2c(cc1OC)[C@H]1CCC(C)(C)[C@H]1n1cc(C(=O)O)c(=O)cc1-2. The van der Waals surface area contributed by atoms with E-state index in [-0.39, 0.29) is 22.9 Å². The third-order valence-electron chi connectivity index (χ3n) is 6.12. The van der Waals surface area contributed by atoms with E-state index in [1.54, 1.807) is 14.2 Å². The molecule has 0 amide bonds. The smallest absolute Gasteiger partial charge is 0.341 e. The second kappa shape index (κ2) is 5.87. The molecule has 0 spiro atoms. The third-order valence-corrected chi connectivity index (χ3v) is 6.12. The summed E-state index contributed by atoms with van der Waals surface area (Å²) in [5, 5.41) is 9.43. The number of aromatic nitrogens is 1. The van der Waals surface area contributed by atoms with E-state index in [9.17, 15) is 14.7 Å². The Morgan fingerprint density at radius 2 is 1.85 bits per heavy atom. The van der Waals surface area contributed by atoms with E-state index >= 15 is 0 Å². The maximum atomic E-state index is 12.4. The van der Waals surface area contributed by atoms with Crippen LogP contribution in [0.2, 0.25) is 0 Å². The Morgan fingerprint density at radius 1 is 1.19 bits per heavy atom. The van der Waals surface area contributed by atoms with E-state index in [4.69, 9.17) is 9.47 Å². The van der Waals surface area contributed by atoms with E-state index in [1.807, 2.05) is 16.7 Å². The van der Waals surface area contributed by atoms with Gasteiger partial charge in [-0.1, -0.05) is 13.8 Å². The van der Waals surface area contributed by atoms with Crippen LogP contribution in [0.3, 0.4) is 0 Å². The summed E-state index contributed by atoms with van der Waals surface area (Å²) in [5.74, 6) is 0.290. The van der Waals surface area contributed by atoms with Gasteiger partial charge in [0.05, 0.1) is 19.9 Å². The van der Waals surface area contributed by atoms with Crippen molar-refractivity contribution in [3.8, 4) is 22.8 Å². The zero-order chi connectivity index (χ0) is 19.5. The molecule has 1 aliphatic carbocycles. The predicted molar refractivity (Wildman–Crippen MR) is 101 cm³/mol. The summed E-state index contributed by atoms with van der Waals surface area (Å²) in [6.07, 6.45) is 3.53. The average Bonchev–Trinajstić information content (AvgIpc) is 2.95. The molecule has 6 heteroatoms. The number of pyridine rings is 1. The van der Waals surface area contributed by atoms with Crippen molar-refractivity contribution in [1.29, 1.82) is 0 Å². The number of rotatable bonds is 3. The van der Waals surface area contributed by atoms with Gasteiger partial charge in [-0.25, -0.2) is 4.79 Å². The molecule has 2 atom stereocenters. The number of nitrogens with zero attached hydrogens (tertiary/aromatic N) is 1. The second-order valence-electron chi connectivity index (χ2n) is 8.02. The summed E-state index contributed by atoms with van der Waals surface area (Å²) in [6, 6.07) is 5.42. The zero-order valence-corrected chi connectivity index (χ0v) is 15.9. The summed E-state index contributed by atoms with van der Waals surface area (Å²) >= 11 is 0. The van der Waals surface area contributed by atoms with Crippen molar-refractivity contribution in [2.45, 2.75) is 38.6 Å². The molecule has 1 aliphatic heterocycles. The average molecular weight is 369 g/mol. The van der Waals surface area contributed by atoms with Gasteiger partial charge >= 0.3 is 5.97 Å². The molecule has 0 radical (unpaired) electrons. The molecule has 0 bridgehead atoms. The van der Waals surface area contributed by atoms with Gasteiger partial charge < -0.3 is 19.1 Å². The lowest BCUT2D eigenvalue weighted by Crippen LogP contribution is -2.32. The monoisotopic (exact) mass is 369 g/mol. The number of fused-ring (bicyclic) bond motifs is 6. The Hall–Kier alpha value is -2.76. The Balaban J connectivity index is 2.07. The maximum Gasteiger partial charge on any atom is 0.341 e. The summed E-state index contributed by atoms with van der Waals surface area (Å²) in [5.41, 5.74) is 2.08. The number of benzene rings is 1. The molecule has 27 heavy (non-hydrogen) atoms. The van der Waals surface area contributed by atoms with Gasteiger partial charge in [-0.05, 0) is 36.0 Å².